The molecule has 3 aromatic rings. The van der Waals surface area contributed by atoms with Gasteiger partial charge in [-0.2, -0.15) is 5.26 Å². The van der Waals surface area contributed by atoms with Gasteiger partial charge in [-0.05, 0) is 36.6 Å². The van der Waals surface area contributed by atoms with Crippen LogP contribution in [0.2, 0.25) is 0 Å². The number of aliphatic imine (C=N–C) groups is 1. The minimum Gasteiger partial charge on any atom is -0.352 e. The molecule has 0 bridgehead atoms. The van der Waals surface area contributed by atoms with E-state index >= 15 is 0 Å². The van der Waals surface area contributed by atoms with Crippen LogP contribution in [-0.4, -0.2) is 46.5 Å². The van der Waals surface area contributed by atoms with Gasteiger partial charge in [0, 0.05) is 25.0 Å². The third-order valence-corrected chi connectivity index (χ3v) is 5.79. The molecule has 4 rings (SSSR count). The lowest BCUT2D eigenvalue weighted by atomic mass is 9.99. The second-order valence-corrected chi connectivity index (χ2v) is 8.12. The van der Waals surface area contributed by atoms with E-state index in [0.29, 0.717) is 11.9 Å². The zero-order chi connectivity index (χ0) is 21.8. The standard InChI is InChI=1S/C24H27N7/c1-17(2)22-14-30(23-19-9-5-7-11-21(19)27-16-28-23)12-13-31(22)24(26-15-25)29-20-10-6-4-8-18(20)3/h4-11,16-17,22H,12-14H2,1-3H3,(H,26,29). The van der Waals surface area contributed by atoms with Crippen LogP contribution in [0.1, 0.15) is 19.4 Å². The lowest BCUT2D eigenvalue weighted by Gasteiger charge is -2.44. The van der Waals surface area contributed by atoms with Crippen molar-refractivity contribution < 1.29 is 0 Å². The zero-order valence-electron chi connectivity index (χ0n) is 18.2. The van der Waals surface area contributed by atoms with Gasteiger partial charge in [0.25, 0.3) is 0 Å². The number of hydrogen-bond donors (Lipinski definition) is 1. The van der Waals surface area contributed by atoms with Crippen LogP contribution in [0.5, 0.6) is 0 Å². The molecule has 1 unspecified atom stereocenters. The quantitative estimate of drug-likeness (QED) is 0.304. The van der Waals surface area contributed by atoms with E-state index in [1.165, 1.54) is 0 Å². The molecule has 158 valence electrons. The summed E-state index contributed by atoms with van der Waals surface area (Å²) in [5, 5.41) is 13.3. The van der Waals surface area contributed by atoms with Crippen LogP contribution in [-0.2, 0) is 0 Å². The summed E-state index contributed by atoms with van der Waals surface area (Å²) in [7, 11) is 0. The summed E-state index contributed by atoms with van der Waals surface area (Å²) in [5.41, 5.74) is 2.89. The van der Waals surface area contributed by atoms with Crippen molar-refractivity contribution >= 4 is 28.4 Å². The van der Waals surface area contributed by atoms with E-state index in [-0.39, 0.29) is 6.04 Å². The number of aromatic nitrogens is 2. The molecule has 1 aromatic heterocycles. The highest BCUT2D eigenvalue weighted by atomic mass is 15.4. The Kier molecular flexibility index (Phi) is 5.99. The smallest absolute Gasteiger partial charge is 0.212 e. The average molecular weight is 414 g/mol. The topological polar surface area (TPSA) is 80.4 Å². The van der Waals surface area contributed by atoms with Gasteiger partial charge < -0.3 is 9.80 Å². The molecule has 0 aliphatic carbocycles. The van der Waals surface area contributed by atoms with Crippen molar-refractivity contribution in [2.75, 3.05) is 24.5 Å². The molecule has 1 saturated heterocycles. The van der Waals surface area contributed by atoms with Crippen molar-refractivity contribution in [2.24, 2.45) is 10.9 Å². The first-order chi connectivity index (χ1) is 15.1. The van der Waals surface area contributed by atoms with E-state index in [2.05, 4.69) is 51.2 Å². The second kappa shape index (κ2) is 9.00. The Bertz CT molecular complexity index is 1130. The number of anilines is 1. The Morgan fingerprint density at radius 2 is 1.90 bits per heavy atom. The number of hydrogen-bond acceptors (Lipinski definition) is 5. The number of benzene rings is 2. The third-order valence-electron chi connectivity index (χ3n) is 5.79. The number of rotatable bonds is 3. The van der Waals surface area contributed by atoms with Crippen molar-refractivity contribution in [1.29, 1.82) is 5.26 Å². The van der Waals surface area contributed by atoms with Crippen molar-refractivity contribution in [3.63, 3.8) is 0 Å². The van der Waals surface area contributed by atoms with Crippen molar-refractivity contribution in [3.05, 3.63) is 60.4 Å². The van der Waals surface area contributed by atoms with Gasteiger partial charge in [0.1, 0.15) is 12.1 Å². The molecular formula is C24H27N7. The van der Waals surface area contributed by atoms with Gasteiger partial charge in [0.15, 0.2) is 6.19 Å². The van der Waals surface area contributed by atoms with Crippen molar-refractivity contribution in [2.45, 2.75) is 26.8 Å². The minimum atomic E-state index is 0.172. The largest absolute Gasteiger partial charge is 0.352 e. The van der Waals surface area contributed by atoms with Gasteiger partial charge in [-0.3, -0.25) is 5.32 Å². The highest BCUT2D eigenvalue weighted by molar-refractivity contribution is 5.89. The molecule has 7 nitrogen and oxygen atoms in total. The highest BCUT2D eigenvalue weighted by Gasteiger charge is 2.32. The third kappa shape index (κ3) is 4.29. The number of nitrogens with one attached hydrogen (secondary N) is 1. The predicted molar refractivity (Wildman–Crippen MR) is 124 cm³/mol. The maximum absolute atomic E-state index is 9.39. The number of nitrogens with zero attached hydrogens (tertiary/aromatic N) is 6. The normalized spacial score (nSPS) is 17.1. The number of para-hydroxylation sites is 2. The summed E-state index contributed by atoms with van der Waals surface area (Å²) < 4.78 is 0. The van der Waals surface area contributed by atoms with Crippen LogP contribution >= 0.6 is 0 Å². The van der Waals surface area contributed by atoms with Gasteiger partial charge in [0.05, 0.1) is 17.2 Å². The van der Waals surface area contributed by atoms with E-state index in [4.69, 9.17) is 4.99 Å². The van der Waals surface area contributed by atoms with Crippen LogP contribution < -0.4 is 10.2 Å². The van der Waals surface area contributed by atoms with Crippen LogP contribution in [0.25, 0.3) is 10.9 Å². The van der Waals surface area contributed by atoms with Crippen molar-refractivity contribution in [3.8, 4) is 6.19 Å². The molecule has 2 heterocycles. The minimum absolute atomic E-state index is 0.172. The molecule has 2 aromatic carbocycles. The average Bonchev–Trinajstić information content (AvgIpc) is 2.79. The summed E-state index contributed by atoms with van der Waals surface area (Å²) in [6, 6.07) is 16.2. The fourth-order valence-electron chi connectivity index (χ4n) is 4.10. The SMILES string of the molecule is Cc1ccccc1N=C(NC#N)N1CCN(c2ncnc3ccccc23)CC1C(C)C. The van der Waals surface area contributed by atoms with E-state index in [1.54, 1.807) is 6.33 Å². The van der Waals surface area contributed by atoms with Crippen LogP contribution in [0.15, 0.2) is 59.9 Å². The molecule has 31 heavy (non-hydrogen) atoms. The maximum Gasteiger partial charge on any atom is 0.212 e. The fraction of sp³-hybridized carbons (Fsp3) is 0.333. The van der Waals surface area contributed by atoms with Gasteiger partial charge in [-0.1, -0.05) is 44.2 Å². The predicted octanol–water partition coefficient (Wildman–Crippen LogP) is 3.84. The summed E-state index contributed by atoms with van der Waals surface area (Å²) in [4.78, 5) is 18.4. The maximum atomic E-state index is 9.39. The summed E-state index contributed by atoms with van der Waals surface area (Å²) in [6.45, 7) is 8.75. The number of piperazine rings is 1. The first-order valence-corrected chi connectivity index (χ1v) is 10.6. The Balaban J connectivity index is 1.66. The first kappa shape index (κ1) is 20.6. The van der Waals surface area contributed by atoms with Crippen LogP contribution in [0.4, 0.5) is 11.5 Å². The molecule has 0 saturated carbocycles. The summed E-state index contributed by atoms with van der Waals surface area (Å²) >= 11 is 0. The second-order valence-electron chi connectivity index (χ2n) is 8.12. The molecular weight excluding hydrogens is 386 g/mol. The Morgan fingerprint density at radius 3 is 2.68 bits per heavy atom. The van der Waals surface area contributed by atoms with E-state index < -0.39 is 0 Å². The van der Waals surface area contributed by atoms with Gasteiger partial charge in [-0.25, -0.2) is 15.0 Å². The van der Waals surface area contributed by atoms with E-state index in [1.807, 2.05) is 49.4 Å². The molecule has 1 aliphatic heterocycles. The molecule has 0 spiro atoms. The number of aryl methyl sites for hydroxylation is 1. The Morgan fingerprint density at radius 1 is 1.13 bits per heavy atom. The van der Waals surface area contributed by atoms with E-state index in [9.17, 15) is 5.26 Å². The monoisotopic (exact) mass is 413 g/mol. The van der Waals surface area contributed by atoms with Crippen LogP contribution in [0.3, 0.4) is 0 Å². The molecule has 1 fully saturated rings. The number of fused-ring (bicyclic) bond motifs is 1. The molecule has 1 aliphatic rings. The molecule has 0 amide bonds. The molecule has 1 N–H and O–H groups in total. The van der Waals surface area contributed by atoms with Gasteiger partial charge in [0.2, 0.25) is 5.96 Å². The van der Waals surface area contributed by atoms with E-state index in [0.717, 1.165) is 47.6 Å². The zero-order valence-corrected chi connectivity index (χ0v) is 18.2. The Hall–Kier alpha value is -3.66. The fourth-order valence-corrected chi connectivity index (χ4v) is 4.10. The van der Waals surface area contributed by atoms with Crippen LogP contribution in [0, 0.1) is 24.3 Å². The number of guanidine groups is 1. The molecule has 7 heteroatoms. The summed E-state index contributed by atoms with van der Waals surface area (Å²) in [5.74, 6) is 1.92. The van der Waals surface area contributed by atoms with Crippen molar-refractivity contribution in [1.82, 2.24) is 20.2 Å². The lowest BCUT2D eigenvalue weighted by Crippen LogP contribution is -2.59. The van der Waals surface area contributed by atoms with Gasteiger partial charge in [-0.15, -0.1) is 0 Å². The lowest BCUT2D eigenvalue weighted by molar-refractivity contribution is 0.220. The van der Waals surface area contributed by atoms with Gasteiger partial charge >= 0.3 is 0 Å². The Labute approximate surface area is 183 Å². The molecule has 0 radical (unpaired) electrons. The molecule has 1 atom stereocenters. The highest BCUT2D eigenvalue weighted by Crippen LogP contribution is 2.27. The first-order valence-electron chi connectivity index (χ1n) is 10.6. The summed E-state index contributed by atoms with van der Waals surface area (Å²) in [6.07, 6.45) is 3.71. The number of nitriles is 1.